The van der Waals surface area contributed by atoms with Crippen LogP contribution in [0, 0.1) is 11.8 Å². The topological polar surface area (TPSA) is 21.3 Å². The predicted molar refractivity (Wildman–Crippen MR) is 67.2 cm³/mol. The Bertz CT molecular complexity index is 134. The third-order valence-corrected chi connectivity index (χ3v) is 2.74. The van der Waals surface area contributed by atoms with E-state index in [1.165, 1.54) is 12.8 Å². The van der Waals surface area contributed by atoms with Gasteiger partial charge in [0.05, 0.1) is 6.61 Å². The van der Waals surface area contributed by atoms with Crippen molar-refractivity contribution in [3.8, 4) is 0 Å². The van der Waals surface area contributed by atoms with E-state index < -0.39 is 0 Å². The monoisotopic (exact) mass is 215 g/mol. The second kappa shape index (κ2) is 9.17. The van der Waals surface area contributed by atoms with Crippen LogP contribution in [0.4, 0.5) is 0 Å². The maximum Gasteiger partial charge on any atom is 0.0591 e. The van der Waals surface area contributed by atoms with E-state index in [2.05, 4.69) is 39.9 Å². The Morgan fingerprint density at radius 1 is 1.07 bits per heavy atom. The summed E-state index contributed by atoms with van der Waals surface area (Å²) in [5.41, 5.74) is 0. The van der Waals surface area contributed by atoms with E-state index in [0.717, 1.165) is 25.7 Å². The lowest BCUT2D eigenvalue weighted by molar-refractivity contribution is 0.121. The van der Waals surface area contributed by atoms with Gasteiger partial charge in [-0.1, -0.05) is 34.6 Å². The van der Waals surface area contributed by atoms with Gasteiger partial charge in [0.25, 0.3) is 0 Å². The van der Waals surface area contributed by atoms with Crippen LogP contribution in [0.5, 0.6) is 0 Å². The molecule has 0 aliphatic carbocycles. The van der Waals surface area contributed by atoms with Crippen LogP contribution in [0.2, 0.25) is 0 Å². The van der Waals surface area contributed by atoms with E-state index in [1.54, 1.807) is 0 Å². The molecule has 0 fully saturated rings. The Labute approximate surface area is 95.8 Å². The van der Waals surface area contributed by atoms with E-state index in [-0.39, 0.29) is 0 Å². The van der Waals surface area contributed by atoms with Crippen LogP contribution in [-0.4, -0.2) is 25.8 Å². The Hall–Kier alpha value is -0.0800. The van der Waals surface area contributed by atoms with Gasteiger partial charge in [-0.25, -0.2) is 0 Å². The fraction of sp³-hybridized carbons (Fsp3) is 1.00. The molecule has 0 aliphatic rings. The predicted octanol–water partition coefficient (Wildman–Crippen LogP) is 3.07. The molecule has 2 nitrogen and oxygen atoms in total. The first-order valence-corrected chi connectivity index (χ1v) is 6.39. The number of hydrogen-bond acceptors (Lipinski definition) is 2. The highest BCUT2D eigenvalue weighted by atomic mass is 16.5. The van der Waals surface area contributed by atoms with Crippen molar-refractivity contribution in [1.82, 2.24) is 5.32 Å². The first kappa shape index (κ1) is 14.9. The molecular formula is C13H29NO. The van der Waals surface area contributed by atoms with Crippen LogP contribution in [0.1, 0.15) is 47.5 Å². The molecule has 0 saturated heterocycles. The first-order chi connectivity index (χ1) is 7.07. The Morgan fingerprint density at radius 2 is 1.73 bits per heavy atom. The summed E-state index contributed by atoms with van der Waals surface area (Å²) >= 11 is 0. The number of hydrogen-bond donors (Lipinski definition) is 1. The van der Waals surface area contributed by atoms with Crippen LogP contribution < -0.4 is 5.32 Å². The van der Waals surface area contributed by atoms with E-state index >= 15 is 0 Å². The van der Waals surface area contributed by atoms with Crippen molar-refractivity contribution in [1.29, 1.82) is 0 Å². The third kappa shape index (κ3) is 8.88. The molecule has 1 atom stereocenters. The zero-order valence-electron chi connectivity index (χ0n) is 11.2. The lowest BCUT2D eigenvalue weighted by Gasteiger charge is -2.20. The molecule has 0 amide bonds. The smallest absolute Gasteiger partial charge is 0.0591 e. The molecule has 0 rings (SSSR count). The van der Waals surface area contributed by atoms with Gasteiger partial charge in [0.2, 0.25) is 0 Å². The molecule has 15 heavy (non-hydrogen) atoms. The molecule has 0 saturated carbocycles. The SMILES string of the molecule is CCC(NCCOCCC(C)C)C(C)C. The summed E-state index contributed by atoms with van der Waals surface area (Å²) in [6.07, 6.45) is 2.37. The van der Waals surface area contributed by atoms with Gasteiger partial charge in [0.15, 0.2) is 0 Å². The molecule has 1 unspecified atom stereocenters. The average molecular weight is 215 g/mol. The highest BCUT2D eigenvalue weighted by molar-refractivity contribution is 4.67. The van der Waals surface area contributed by atoms with E-state index in [0.29, 0.717) is 12.0 Å². The van der Waals surface area contributed by atoms with Crippen LogP contribution >= 0.6 is 0 Å². The highest BCUT2D eigenvalue weighted by Crippen LogP contribution is 2.04. The average Bonchev–Trinajstić information content (AvgIpc) is 2.15. The van der Waals surface area contributed by atoms with Crippen LogP contribution in [0.3, 0.4) is 0 Å². The molecule has 0 radical (unpaired) electrons. The second-order valence-corrected chi connectivity index (χ2v) is 5.01. The zero-order valence-corrected chi connectivity index (χ0v) is 11.2. The van der Waals surface area contributed by atoms with Crippen LogP contribution in [0.15, 0.2) is 0 Å². The minimum atomic E-state index is 0.638. The summed E-state index contributed by atoms with van der Waals surface area (Å²) < 4.78 is 5.56. The van der Waals surface area contributed by atoms with Gasteiger partial charge in [-0.3, -0.25) is 0 Å². The van der Waals surface area contributed by atoms with Crippen molar-refractivity contribution in [3.63, 3.8) is 0 Å². The van der Waals surface area contributed by atoms with Crippen LogP contribution in [0.25, 0.3) is 0 Å². The van der Waals surface area contributed by atoms with Crippen molar-refractivity contribution in [3.05, 3.63) is 0 Å². The molecule has 92 valence electrons. The summed E-state index contributed by atoms with van der Waals surface area (Å²) in [5.74, 6) is 1.46. The number of nitrogens with one attached hydrogen (secondary N) is 1. The summed E-state index contributed by atoms with van der Waals surface area (Å²) in [7, 11) is 0. The fourth-order valence-corrected chi connectivity index (χ4v) is 1.59. The minimum Gasteiger partial charge on any atom is -0.380 e. The fourth-order valence-electron chi connectivity index (χ4n) is 1.59. The minimum absolute atomic E-state index is 0.638. The summed E-state index contributed by atoms with van der Waals surface area (Å²) in [4.78, 5) is 0. The maximum absolute atomic E-state index is 5.56. The van der Waals surface area contributed by atoms with E-state index in [9.17, 15) is 0 Å². The molecular weight excluding hydrogens is 186 g/mol. The van der Waals surface area contributed by atoms with Gasteiger partial charge in [0.1, 0.15) is 0 Å². The van der Waals surface area contributed by atoms with Gasteiger partial charge >= 0.3 is 0 Å². The normalized spacial score (nSPS) is 13.8. The molecule has 0 aromatic rings. The quantitative estimate of drug-likeness (QED) is 0.597. The van der Waals surface area contributed by atoms with Gasteiger partial charge in [-0.2, -0.15) is 0 Å². The number of rotatable bonds is 9. The Morgan fingerprint density at radius 3 is 2.20 bits per heavy atom. The van der Waals surface area contributed by atoms with Crippen molar-refractivity contribution in [2.45, 2.75) is 53.5 Å². The van der Waals surface area contributed by atoms with Gasteiger partial charge < -0.3 is 10.1 Å². The largest absolute Gasteiger partial charge is 0.380 e. The molecule has 0 aliphatic heterocycles. The third-order valence-electron chi connectivity index (χ3n) is 2.74. The molecule has 0 spiro atoms. The van der Waals surface area contributed by atoms with Crippen molar-refractivity contribution in [2.24, 2.45) is 11.8 Å². The summed E-state index contributed by atoms with van der Waals surface area (Å²) in [6, 6.07) is 0.638. The lowest BCUT2D eigenvalue weighted by Crippen LogP contribution is -2.35. The summed E-state index contributed by atoms with van der Waals surface area (Å²) in [5, 5.41) is 3.53. The molecule has 0 heterocycles. The molecule has 2 heteroatoms. The Balaban J connectivity index is 3.29. The molecule has 0 aromatic heterocycles. The van der Waals surface area contributed by atoms with Crippen molar-refractivity contribution in [2.75, 3.05) is 19.8 Å². The van der Waals surface area contributed by atoms with Gasteiger partial charge in [-0.05, 0) is 24.7 Å². The molecule has 1 N–H and O–H groups in total. The van der Waals surface area contributed by atoms with Crippen molar-refractivity contribution >= 4 is 0 Å². The second-order valence-electron chi connectivity index (χ2n) is 5.01. The zero-order chi connectivity index (χ0) is 11.7. The highest BCUT2D eigenvalue weighted by Gasteiger charge is 2.08. The molecule has 0 aromatic carbocycles. The van der Waals surface area contributed by atoms with Crippen LogP contribution in [-0.2, 0) is 4.74 Å². The Kier molecular flexibility index (Phi) is 9.12. The standard InChI is InChI=1S/C13H29NO/c1-6-13(12(4)5)14-8-10-15-9-7-11(2)3/h11-14H,6-10H2,1-5H3. The van der Waals surface area contributed by atoms with E-state index in [4.69, 9.17) is 4.74 Å². The van der Waals surface area contributed by atoms with E-state index in [1.807, 2.05) is 0 Å². The summed E-state index contributed by atoms with van der Waals surface area (Å²) in [6.45, 7) is 13.9. The van der Waals surface area contributed by atoms with Gasteiger partial charge in [-0.15, -0.1) is 0 Å². The van der Waals surface area contributed by atoms with Crippen molar-refractivity contribution < 1.29 is 4.74 Å². The maximum atomic E-state index is 5.56. The molecule has 0 bridgehead atoms. The van der Waals surface area contributed by atoms with Gasteiger partial charge in [0, 0.05) is 19.2 Å². The first-order valence-electron chi connectivity index (χ1n) is 6.39. The lowest BCUT2D eigenvalue weighted by atomic mass is 10.0. The number of ether oxygens (including phenoxy) is 1.